The van der Waals surface area contributed by atoms with E-state index in [0.717, 1.165) is 5.56 Å². The molecule has 1 rings (SSSR count). The predicted octanol–water partition coefficient (Wildman–Crippen LogP) is 1.97. The van der Waals surface area contributed by atoms with Gasteiger partial charge in [0.2, 0.25) is 5.91 Å². The lowest BCUT2D eigenvalue weighted by atomic mass is 9.85. The summed E-state index contributed by atoms with van der Waals surface area (Å²) in [5.41, 5.74) is 5.17. The predicted molar refractivity (Wildman–Crippen MR) is 70.9 cm³/mol. The van der Waals surface area contributed by atoms with Crippen molar-refractivity contribution in [3.63, 3.8) is 0 Å². The van der Waals surface area contributed by atoms with Crippen molar-refractivity contribution in [2.45, 2.75) is 26.2 Å². The van der Waals surface area contributed by atoms with Gasteiger partial charge < -0.3 is 11.1 Å². The van der Waals surface area contributed by atoms with E-state index >= 15 is 0 Å². The topological polar surface area (TPSA) is 55.1 Å². The summed E-state index contributed by atoms with van der Waals surface area (Å²) < 4.78 is 26.0. The molecule has 0 bridgehead atoms. The standard InChI is InChI=1S/C14H20F2N2O/c1-13(2,8-11-6-4-3-5-7-11)12(19)18-10-14(15,16)9-17/h3-7H,8-10,17H2,1-2H3,(H,18,19). The Hall–Kier alpha value is -1.49. The van der Waals surface area contributed by atoms with Gasteiger partial charge in [-0.25, -0.2) is 8.78 Å². The van der Waals surface area contributed by atoms with Crippen LogP contribution in [0.3, 0.4) is 0 Å². The highest BCUT2D eigenvalue weighted by Crippen LogP contribution is 2.22. The van der Waals surface area contributed by atoms with E-state index in [9.17, 15) is 13.6 Å². The van der Waals surface area contributed by atoms with Crippen LogP contribution in [-0.4, -0.2) is 24.9 Å². The molecule has 1 amide bonds. The van der Waals surface area contributed by atoms with Gasteiger partial charge in [-0.3, -0.25) is 4.79 Å². The summed E-state index contributed by atoms with van der Waals surface area (Å²) in [5.74, 6) is -3.46. The van der Waals surface area contributed by atoms with Crippen molar-refractivity contribution in [2.24, 2.45) is 11.1 Å². The summed E-state index contributed by atoms with van der Waals surface area (Å²) in [7, 11) is 0. The fraction of sp³-hybridized carbons (Fsp3) is 0.500. The van der Waals surface area contributed by atoms with E-state index < -0.39 is 30.3 Å². The van der Waals surface area contributed by atoms with E-state index in [4.69, 9.17) is 5.73 Å². The highest BCUT2D eigenvalue weighted by atomic mass is 19.3. The van der Waals surface area contributed by atoms with Gasteiger partial charge in [0.25, 0.3) is 5.92 Å². The minimum absolute atomic E-state index is 0.399. The second-order valence-corrected chi connectivity index (χ2v) is 5.29. The fourth-order valence-corrected chi connectivity index (χ4v) is 1.71. The zero-order valence-electron chi connectivity index (χ0n) is 11.2. The van der Waals surface area contributed by atoms with Crippen LogP contribution in [-0.2, 0) is 11.2 Å². The number of carbonyl (C=O) groups excluding carboxylic acids is 1. The second-order valence-electron chi connectivity index (χ2n) is 5.29. The first-order valence-electron chi connectivity index (χ1n) is 6.17. The highest BCUT2D eigenvalue weighted by molar-refractivity contribution is 5.82. The molecule has 19 heavy (non-hydrogen) atoms. The molecule has 1 aromatic rings. The maximum absolute atomic E-state index is 13.0. The lowest BCUT2D eigenvalue weighted by molar-refractivity contribution is -0.131. The van der Waals surface area contributed by atoms with Crippen LogP contribution < -0.4 is 11.1 Å². The normalized spacial score (nSPS) is 12.3. The van der Waals surface area contributed by atoms with Crippen LogP contribution in [0.25, 0.3) is 0 Å². The molecule has 0 aliphatic carbocycles. The Labute approximate surface area is 112 Å². The average molecular weight is 270 g/mol. The van der Waals surface area contributed by atoms with E-state index in [-0.39, 0.29) is 0 Å². The van der Waals surface area contributed by atoms with Crippen LogP contribution in [0.2, 0.25) is 0 Å². The number of alkyl halides is 2. The molecule has 0 saturated carbocycles. The van der Waals surface area contributed by atoms with Gasteiger partial charge in [-0.2, -0.15) is 0 Å². The van der Waals surface area contributed by atoms with Crippen molar-refractivity contribution in [3.05, 3.63) is 35.9 Å². The summed E-state index contributed by atoms with van der Waals surface area (Å²) in [6, 6.07) is 9.46. The molecule has 0 heterocycles. The number of benzene rings is 1. The third-order valence-corrected chi connectivity index (χ3v) is 2.91. The quantitative estimate of drug-likeness (QED) is 0.830. The number of hydrogen-bond donors (Lipinski definition) is 2. The van der Waals surface area contributed by atoms with Gasteiger partial charge in [-0.05, 0) is 12.0 Å². The van der Waals surface area contributed by atoms with Gasteiger partial charge in [0.05, 0.1) is 13.1 Å². The summed E-state index contributed by atoms with van der Waals surface area (Å²) in [6.07, 6.45) is 0.494. The van der Waals surface area contributed by atoms with Crippen molar-refractivity contribution in [3.8, 4) is 0 Å². The molecular weight excluding hydrogens is 250 g/mol. The third-order valence-electron chi connectivity index (χ3n) is 2.91. The molecule has 0 aliphatic heterocycles. The molecule has 0 atom stereocenters. The average Bonchev–Trinajstić information content (AvgIpc) is 2.36. The molecule has 0 unspecified atom stereocenters. The molecule has 0 saturated heterocycles. The minimum atomic E-state index is -3.06. The van der Waals surface area contributed by atoms with Crippen LogP contribution in [0.1, 0.15) is 19.4 Å². The summed E-state index contributed by atoms with van der Waals surface area (Å²) in [5, 5.41) is 2.27. The molecule has 1 aromatic carbocycles. The van der Waals surface area contributed by atoms with Gasteiger partial charge in [0.15, 0.2) is 0 Å². The van der Waals surface area contributed by atoms with E-state index in [2.05, 4.69) is 5.32 Å². The molecule has 0 fully saturated rings. The molecule has 3 N–H and O–H groups in total. The smallest absolute Gasteiger partial charge is 0.277 e. The molecule has 0 radical (unpaired) electrons. The maximum Gasteiger partial charge on any atom is 0.277 e. The SMILES string of the molecule is CC(C)(Cc1ccccc1)C(=O)NCC(F)(F)CN. The number of halogens is 2. The van der Waals surface area contributed by atoms with Crippen molar-refractivity contribution in [2.75, 3.05) is 13.1 Å². The monoisotopic (exact) mass is 270 g/mol. The van der Waals surface area contributed by atoms with Crippen molar-refractivity contribution >= 4 is 5.91 Å². The first-order chi connectivity index (χ1) is 8.77. The zero-order valence-corrected chi connectivity index (χ0v) is 11.2. The first kappa shape index (κ1) is 15.6. The summed E-state index contributed by atoms with van der Waals surface area (Å²) in [4.78, 5) is 11.9. The van der Waals surface area contributed by atoms with Crippen molar-refractivity contribution in [1.82, 2.24) is 5.32 Å². The minimum Gasteiger partial charge on any atom is -0.350 e. The van der Waals surface area contributed by atoms with Crippen molar-refractivity contribution < 1.29 is 13.6 Å². The van der Waals surface area contributed by atoms with Gasteiger partial charge in [0.1, 0.15) is 0 Å². The Morgan fingerprint density at radius 2 is 1.84 bits per heavy atom. The molecule has 0 aliphatic rings. The molecule has 106 valence electrons. The van der Waals surface area contributed by atoms with Crippen LogP contribution in [0.15, 0.2) is 30.3 Å². The summed E-state index contributed by atoms with van der Waals surface area (Å²) >= 11 is 0. The second kappa shape index (κ2) is 6.10. The van der Waals surface area contributed by atoms with E-state index in [0.29, 0.717) is 6.42 Å². The lowest BCUT2D eigenvalue weighted by Crippen LogP contribution is -2.46. The van der Waals surface area contributed by atoms with Crippen LogP contribution in [0, 0.1) is 5.41 Å². The third kappa shape index (κ3) is 4.95. The fourth-order valence-electron chi connectivity index (χ4n) is 1.71. The van der Waals surface area contributed by atoms with Gasteiger partial charge in [-0.15, -0.1) is 0 Å². The van der Waals surface area contributed by atoms with Crippen molar-refractivity contribution in [1.29, 1.82) is 0 Å². The van der Waals surface area contributed by atoms with Crippen LogP contribution >= 0.6 is 0 Å². The largest absolute Gasteiger partial charge is 0.350 e. The number of carbonyl (C=O) groups is 1. The number of amides is 1. The van der Waals surface area contributed by atoms with E-state index in [1.165, 1.54) is 0 Å². The highest BCUT2D eigenvalue weighted by Gasteiger charge is 2.32. The first-order valence-corrected chi connectivity index (χ1v) is 6.17. The molecule has 5 heteroatoms. The number of hydrogen-bond acceptors (Lipinski definition) is 2. The number of rotatable bonds is 6. The van der Waals surface area contributed by atoms with E-state index in [1.807, 2.05) is 30.3 Å². The van der Waals surface area contributed by atoms with Gasteiger partial charge >= 0.3 is 0 Å². The Kier molecular flexibility index (Phi) is 5.00. The number of nitrogens with two attached hydrogens (primary N) is 1. The molecule has 0 aromatic heterocycles. The lowest BCUT2D eigenvalue weighted by Gasteiger charge is -2.25. The Bertz CT molecular complexity index is 419. The Morgan fingerprint density at radius 1 is 1.26 bits per heavy atom. The maximum atomic E-state index is 13.0. The van der Waals surface area contributed by atoms with Crippen LogP contribution in [0.5, 0.6) is 0 Å². The molecule has 3 nitrogen and oxygen atoms in total. The Balaban J connectivity index is 2.59. The zero-order chi connectivity index (χ0) is 14.5. The summed E-state index contributed by atoms with van der Waals surface area (Å²) in [6.45, 7) is 1.97. The molecule has 0 spiro atoms. The molecular formula is C14H20F2N2O. The van der Waals surface area contributed by atoms with E-state index in [1.54, 1.807) is 13.8 Å². The Morgan fingerprint density at radius 3 is 2.37 bits per heavy atom. The van der Waals surface area contributed by atoms with Gasteiger partial charge in [-0.1, -0.05) is 44.2 Å². The van der Waals surface area contributed by atoms with Crippen LogP contribution in [0.4, 0.5) is 8.78 Å². The number of nitrogens with one attached hydrogen (secondary N) is 1. The van der Waals surface area contributed by atoms with Gasteiger partial charge in [0, 0.05) is 5.41 Å².